The lowest BCUT2D eigenvalue weighted by Gasteiger charge is -2.16. The molecule has 4 nitrogen and oxygen atoms in total. The minimum absolute atomic E-state index is 0.525. The summed E-state index contributed by atoms with van der Waals surface area (Å²) in [4.78, 5) is 7.75. The highest BCUT2D eigenvalue weighted by Gasteiger charge is 2.19. The molecule has 16 heavy (non-hydrogen) atoms. The molecule has 1 aliphatic heterocycles. The van der Waals surface area contributed by atoms with Gasteiger partial charge < -0.3 is 15.3 Å². The van der Waals surface area contributed by atoms with Crippen LogP contribution in [0.15, 0.2) is 18.5 Å². The molecule has 0 aliphatic carbocycles. The smallest absolute Gasteiger partial charge is 0.123 e. The largest absolute Gasteiger partial charge is 0.367 e. The predicted molar refractivity (Wildman–Crippen MR) is 62.8 cm³/mol. The van der Waals surface area contributed by atoms with E-state index in [4.69, 9.17) is 5.73 Å². The maximum absolute atomic E-state index is 5.75. The summed E-state index contributed by atoms with van der Waals surface area (Å²) in [6.45, 7) is 1.59. The highest BCUT2D eigenvalue weighted by atomic mass is 15.1. The second kappa shape index (κ2) is 3.79. The molecule has 0 unspecified atom stereocenters. The molecule has 0 saturated carbocycles. The van der Waals surface area contributed by atoms with Crippen LogP contribution in [0.3, 0.4) is 0 Å². The summed E-state index contributed by atoms with van der Waals surface area (Å²) in [6, 6.07) is 2.07. The predicted octanol–water partition coefficient (Wildman–Crippen LogP) is 1.67. The Morgan fingerprint density at radius 3 is 3.12 bits per heavy atom. The summed E-state index contributed by atoms with van der Waals surface area (Å²) in [6.07, 6.45) is 7.55. The quantitative estimate of drug-likeness (QED) is 0.802. The molecule has 84 valence electrons. The van der Waals surface area contributed by atoms with Gasteiger partial charge in [0.25, 0.3) is 0 Å². The van der Waals surface area contributed by atoms with E-state index < -0.39 is 0 Å². The monoisotopic (exact) mass is 216 g/mol. The van der Waals surface area contributed by atoms with Crippen LogP contribution in [0, 0.1) is 0 Å². The van der Waals surface area contributed by atoms with Crippen LogP contribution in [-0.4, -0.2) is 14.5 Å². The Morgan fingerprint density at radius 2 is 2.38 bits per heavy atom. The minimum atomic E-state index is 0.525. The Kier molecular flexibility index (Phi) is 2.29. The van der Waals surface area contributed by atoms with Crippen molar-refractivity contribution in [1.82, 2.24) is 14.5 Å². The van der Waals surface area contributed by atoms with Crippen molar-refractivity contribution in [2.75, 3.05) is 0 Å². The topological polar surface area (TPSA) is 59.6 Å². The second-order valence-corrected chi connectivity index (χ2v) is 4.24. The van der Waals surface area contributed by atoms with Gasteiger partial charge in [0.1, 0.15) is 5.82 Å². The van der Waals surface area contributed by atoms with Crippen molar-refractivity contribution in [3.8, 4) is 11.3 Å². The summed E-state index contributed by atoms with van der Waals surface area (Å²) in [5.74, 6) is 1.02. The maximum Gasteiger partial charge on any atom is 0.123 e. The van der Waals surface area contributed by atoms with Crippen molar-refractivity contribution in [1.29, 1.82) is 0 Å². The normalized spacial score (nSPS) is 15.1. The van der Waals surface area contributed by atoms with Crippen molar-refractivity contribution in [2.45, 2.75) is 32.4 Å². The number of aromatic nitrogens is 3. The van der Waals surface area contributed by atoms with Crippen LogP contribution in [0.4, 0.5) is 0 Å². The maximum atomic E-state index is 5.75. The van der Waals surface area contributed by atoms with Crippen LogP contribution < -0.4 is 5.73 Å². The number of rotatable bonds is 2. The lowest BCUT2D eigenvalue weighted by Crippen LogP contribution is -2.15. The summed E-state index contributed by atoms with van der Waals surface area (Å²) in [5.41, 5.74) is 9.39. The first-order valence-corrected chi connectivity index (χ1v) is 5.81. The number of nitrogens with one attached hydrogen (secondary N) is 1. The fourth-order valence-corrected chi connectivity index (χ4v) is 2.48. The second-order valence-electron chi connectivity index (χ2n) is 4.24. The molecule has 0 radical (unpaired) electrons. The van der Waals surface area contributed by atoms with Crippen molar-refractivity contribution in [3.63, 3.8) is 0 Å². The van der Waals surface area contributed by atoms with E-state index in [1.165, 1.54) is 24.1 Å². The molecule has 0 bridgehead atoms. The zero-order chi connectivity index (χ0) is 11.0. The van der Waals surface area contributed by atoms with Crippen LogP contribution in [0.25, 0.3) is 11.3 Å². The molecule has 3 rings (SSSR count). The number of fused-ring (bicyclic) bond motifs is 1. The number of nitrogens with zero attached hydrogens (tertiary/aromatic N) is 2. The van der Waals surface area contributed by atoms with Gasteiger partial charge in [-0.1, -0.05) is 0 Å². The standard InChI is InChI=1S/C12H16N4/c13-7-11-15-12(9-4-5-14-8-9)10-3-1-2-6-16(10)11/h4-5,8,14H,1-3,6-7,13H2. The van der Waals surface area contributed by atoms with Crippen molar-refractivity contribution in [3.05, 3.63) is 30.0 Å². The molecule has 0 saturated heterocycles. The van der Waals surface area contributed by atoms with Crippen molar-refractivity contribution >= 4 is 0 Å². The van der Waals surface area contributed by atoms with E-state index in [-0.39, 0.29) is 0 Å². The first-order valence-electron chi connectivity index (χ1n) is 5.81. The fraction of sp³-hybridized carbons (Fsp3) is 0.417. The van der Waals surface area contributed by atoms with E-state index in [1.54, 1.807) is 0 Å². The summed E-state index contributed by atoms with van der Waals surface area (Å²) < 4.78 is 2.30. The molecule has 0 fully saturated rings. The van der Waals surface area contributed by atoms with Crippen LogP contribution in [-0.2, 0) is 19.5 Å². The van der Waals surface area contributed by atoms with E-state index in [1.807, 2.05) is 12.4 Å². The minimum Gasteiger partial charge on any atom is -0.367 e. The molecule has 3 N–H and O–H groups in total. The van der Waals surface area contributed by atoms with Gasteiger partial charge in [0.05, 0.1) is 12.2 Å². The van der Waals surface area contributed by atoms with Crippen LogP contribution in [0.5, 0.6) is 0 Å². The van der Waals surface area contributed by atoms with Crippen molar-refractivity contribution in [2.24, 2.45) is 5.73 Å². The van der Waals surface area contributed by atoms with Crippen LogP contribution in [0.2, 0.25) is 0 Å². The van der Waals surface area contributed by atoms with Crippen molar-refractivity contribution < 1.29 is 0 Å². The zero-order valence-corrected chi connectivity index (χ0v) is 9.24. The van der Waals surface area contributed by atoms with Gasteiger partial charge in [-0.15, -0.1) is 0 Å². The molecule has 0 amide bonds. The summed E-state index contributed by atoms with van der Waals surface area (Å²) >= 11 is 0. The van der Waals surface area contributed by atoms with E-state index in [0.29, 0.717) is 6.54 Å². The SMILES string of the molecule is NCc1nc(-c2cc[nH]c2)c2n1CCCC2. The van der Waals surface area contributed by atoms with Gasteiger partial charge in [-0.3, -0.25) is 0 Å². The molecule has 1 aliphatic rings. The van der Waals surface area contributed by atoms with Crippen LogP contribution >= 0.6 is 0 Å². The number of aromatic amines is 1. The molecule has 2 aromatic heterocycles. The Morgan fingerprint density at radius 1 is 1.44 bits per heavy atom. The van der Waals surface area contributed by atoms with Gasteiger partial charge in [0, 0.05) is 30.2 Å². The molecular weight excluding hydrogens is 200 g/mol. The molecule has 0 atom stereocenters. The van der Waals surface area contributed by atoms with Crippen LogP contribution in [0.1, 0.15) is 24.4 Å². The number of H-pyrrole nitrogens is 1. The zero-order valence-electron chi connectivity index (χ0n) is 9.24. The molecule has 4 heteroatoms. The Labute approximate surface area is 94.5 Å². The number of hydrogen-bond donors (Lipinski definition) is 2. The number of hydrogen-bond acceptors (Lipinski definition) is 2. The highest BCUT2D eigenvalue weighted by Crippen LogP contribution is 2.28. The Balaban J connectivity index is 2.15. The summed E-state index contributed by atoms with van der Waals surface area (Å²) in [7, 11) is 0. The summed E-state index contributed by atoms with van der Waals surface area (Å²) in [5, 5.41) is 0. The lowest BCUT2D eigenvalue weighted by molar-refractivity contribution is 0.515. The first kappa shape index (κ1) is 9.66. The fourth-order valence-electron chi connectivity index (χ4n) is 2.48. The Hall–Kier alpha value is -1.55. The molecule has 3 heterocycles. The van der Waals surface area contributed by atoms with Gasteiger partial charge in [-0.25, -0.2) is 4.98 Å². The third-order valence-corrected chi connectivity index (χ3v) is 3.25. The molecule has 0 spiro atoms. The Bertz CT molecular complexity index is 481. The van der Waals surface area contributed by atoms with Gasteiger partial charge >= 0.3 is 0 Å². The molecular formula is C12H16N4. The van der Waals surface area contributed by atoms with E-state index in [2.05, 4.69) is 20.6 Å². The lowest BCUT2D eigenvalue weighted by atomic mass is 10.1. The third-order valence-electron chi connectivity index (χ3n) is 3.25. The number of nitrogens with two attached hydrogens (primary N) is 1. The molecule has 2 aromatic rings. The van der Waals surface area contributed by atoms with E-state index in [9.17, 15) is 0 Å². The molecule has 0 aromatic carbocycles. The van der Waals surface area contributed by atoms with E-state index in [0.717, 1.165) is 24.5 Å². The van der Waals surface area contributed by atoms with E-state index >= 15 is 0 Å². The van der Waals surface area contributed by atoms with Gasteiger partial charge in [0.2, 0.25) is 0 Å². The average molecular weight is 216 g/mol. The number of imidazole rings is 1. The highest BCUT2D eigenvalue weighted by molar-refractivity contribution is 5.62. The third kappa shape index (κ3) is 1.38. The first-order chi connectivity index (χ1) is 7.90. The van der Waals surface area contributed by atoms with Gasteiger partial charge in [-0.2, -0.15) is 0 Å². The van der Waals surface area contributed by atoms with Gasteiger partial charge in [0.15, 0.2) is 0 Å². The van der Waals surface area contributed by atoms with Gasteiger partial charge in [-0.05, 0) is 25.3 Å². The average Bonchev–Trinajstić information content (AvgIpc) is 2.95.